The van der Waals surface area contributed by atoms with Gasteiger partial charge < -0.3 is 0 Å². The average Bonchev–Trinajstić information content (AvgIpc) is 2.39. The van der Waals surface area contributed by atoms with Crippen molar-refractivity contribution >= 4 is 0 Å². The van der Waals surface area contributed by atoms with Gasteiger partial charge >= 0.3 is 0 Å². The molecular weight excluding hydrogens is 212 g/mol. The lowest BCUT2D eigenvalue weighted by atomic mass is 9.86. The van der Waals surface area contributed by atoms with E-state index in [1.165, 1.54) is 0 Å². The van der Waals surface area contributed by atoms with Crippen LogP contribution in [-0.2, 0) is 10.5 Å². The smallest absolute Gasteiger partial charge is 0.151 e. The summed E-state index contributed by atoms with van der Waals surface area (Å²) in [6, 6.07) is 17.6. The molecule has 2 aromatic rings. The highest BCUT2D eigenvalue weighted by atomic mass is 17.1. The minimum atomic E-state index is -0.827. The third kappa shape index (κ3) is 2.09. The molecule has 0 heterocycles. The minimum Gasteiger partial charge on any atom is -0.251 e. The molecule has 1 N–H and O–H groups in total. The van der Waals surface area contributed by atoms with Gasteiger partial charge in [-0.3, -0.25) is 5.26 Å². The second kappa shape index (κ2) is 4.70. The monoisotopic (exact) mass is 228 g/mol. The summed E-state index contributed by atoms with van der Waals surface area (Å²) in [5.41, 5.74) is 2.16. The molecule has 2 rings (SSSR count). The van der Waals surface area contributed by atoms with E-state index in [1.807, 2.05) is 68.4 Å². The maximum absolute atomic E-state index is 9.32. The quantitative estimate of drug-likeness (QED) is 0.640. The van der Waals surface area contributed by atoms with Crippen LogP contribution in [0.25, 0.3) is 0 Å². The van der Waals surface area contributed by atoms with Gasteiger partial charge in [0, 0.05) is 0 Å². The molecule has 1 unspecified atom stereocenters. The Balaban J connectivity index is 2.56. The molecular formula is C15H16O2. The van der Waals surface area contributed by atoms with E-state index in [0.717, 1.165) is 16.7 Å². The minimum absolute atomic E-state index is 0.827. The Kier molecular flexibility index (Phi) is 3.27. The summed E-state index contributed by atoms with van der Waals surface area (Å²) in [6.45, 7) is 3.88. The summed E-state index contributed by atoms with van der Waals surface area (Å²) >= 11 is 0. The summed E-state index contributed by atoms with van der Waals surface area (Å²) in [6.07, 6.45) is 0. The van der Waals surface area contributed by atoms with Crippen molar-refractivity contribution < 1.29 is 10.1 Å². The number of benzene rings is 2. The fourth-order valence-corrected chi connectivity index (χ4v) is 2.12. The van der Waals surface area contributed by atoms with E-state index >= 15 is 0 Å². The highest BCUT2D eigenvalue weighted by molar-refractivity contribution is 5.39. The molecule has 1 atom stereocenters. The maximum atomic E-state index is 9.32. The number of rotatable bonds is 3. The molecule has 0 aliphatic heterocycles. The Bertz CT molecular complexity index is 493. The third-order valence-corrected chi connectivity index (χ3v) is 3.17. The first-order valence-corrected chi connectivity index (χ1v) is 5.62. The number of hydrogen-bond donors (Lipinski definition) is 1. The van der Waals surface area contributed by atoms with Gasteiger partial charge in [0.05, 0.1) is 0 Å². The van der Waals surface area contributed by atoms with Crippen molar-refractivity contribution in [2.45, 2.75) is 19.4 Å². The lowest BCUT2D eigenvalue weighted by Crippen LogP contribution is -2.27. The first kappa shape index (κ1) is 11.8. The summed E-state index contributed by atoms with van der Waals surface area (Å²) in [7, 11) is 0. The van der Waals surface area contributed by atoms with Crippen molar-refractivity contribution in [2.75, 3.05) is 0 Å². The normalized spacial score (nSPS) is 14.3. The van der Waals surface area contributed by atoms with E-state index in [2.05, 4.69) is 0 Å². The van der Waals surface area contributed by atoms with Gasteiger partial charge in [0.25, 0.3) is 0 Å². The highest BCUT2D eigenvalue weighted by Gasteiger charge is 2.31. The summed E-state index contributed by atoms with van der Waals surface area (Å²) in [5, 5.41) is 9.32. The van der Waals surface area contributed by atoms with E-state index in [9.17, 15) is 5.26 Å². The van der Waals surface area contributed by atoms with Crippen LogP contribution in [0.5, 0.6) is 0 Å². The van der Waals surface area contributed by atoms with Gasteiger partial charge in [-0.05, 0) is 30.5 Å². The van der Waals surface area contributed by atoms with Crippen molar-refractivity contribution in [1.82, 2.24) is 0 Å². The Hall–Kier alpha value is -1.64. The molecule has 0 radical (unpaired) electrons. The molecule has 0 fully saturated rings. The molecule has 0 aromatic heterocycles. The molecule has 0 spiro atoms. The second-order valence-electron chi connectivity index (χ2n) is 4.31. The first-order chi connectivity index (χ1) is 8.18. The van der Waals surface area contributed by atoms with Gasteiger partial charge in [0.2, 0.25) is 0 Å². The van der Waals surface area contributed by atoms with Gasteiger partial charge in [-0.15, -0.1) is 0 Å². The zero-order valence-electron chi connectivity index (χ0n) is 10.1. The first-order valence-electron chi connectivity index (χ1n) is 5.62. The summed E-state index contributed by atoms with van der Waals surface area (Å²) < 4.78 is 0. The van der Waals surface area contributed by atoms with E-state index in [1.54, 1.807) is 0 Å². The molecule has 0 saturated heterocycles. The van der Waals surface area contributed by atoms with E-state index in [4.69, 9.17) is 4.89 Å². The second-order valence-corrected chi connectivity index (χ2v) is 4.31. The summed E-state index contributed by atoms with van der Waals surface area (Å²) in [5.74, 6) is 0. The fraction of sp³-hybridized carbons (Fsp3) is 0.200. The average molecular weight is 228 g/mol. The van der Waals surface area contributed by atoms with Crippen molar-refractivity contribution in [2.24, 2.45) is 0 Å². The zero-order valence-corrected chi connectivity index (χ0v) is 10.1. The topological polar surface area (TPSA) is 29.5 Å². The van der Waals surface area contributed by atoms with Gasteiger partial charge in [0.1, 0.15) is 0 Å². The van der Waals surface area contributed by atoms with Crippen molar-refractivity contribution in [3.8, 4) is 0 Å². The fourth-order valence-electron chi connectivity index (χ4n) is 2.12. The van der Waals surface area contributed by atoms with Gasteiger partial charge in [0.15, 0.2) is 5.60 Å². The Labute approximate surface area is 101 Å². The SMILES string of the molecule is Cc1ccccc1C(C)(OO)c1ccccc1. The molecule has 2 nitrogen and oxygen atoms in total. The Morgan fingerprint density at radius 3 is 2.12 bits per heavy atom. The molecule has 0 aliphatic rings. The molecule has 88 valence electrons. The van der Waals surface area contributed by atoms with Gasteiger partial charge in [-0.2, -0.15) is 0 Å². The highest BCUT2D eigenvalue weighted by Crippen LogP contribution is 2.34. The van der Waals surface area contributed by atoms with Crippen LogP contribution in [0, 0.1) is 6.92 Å². The number of hydrogen-bond acceptors (Lipinski definition) is 2. The van der Waals surface area contributed by atoms with Crippen LogP contribution in [0.1, 0.15) is 23.6 Å². The van der Waals surface area contributed by atoms with Gasteiger partial charge in [-0.25, -0.2) is 4.89 Å². The van der Waals surface area contributed by atoms with Crippen LogP contribution in [0.3, 0.4) is 0 Å². The standard InChI is InChI=1S/C15H16O2/c1-12-8-6-7-11-14(12)15(2,17-16)13-9-4-3-5-10-13/h3-11,16H,1-2H3. The molecule has 0 amide bonds. The molecule has 0 bridgehead atoms. The molecule has 0 saturated carbocycles. The molecule has 2 aromatic carbocycles. The van der Waals surface area contributed by atoms with Crippen molar-refractivity contribution in [1.29, 1.82) is 0 Å². The van der Waals surface area contributed by atoms with E-state index < -0.39 is 5.60 Å². The van der Waals surface area contributed by atoms with Gasteiger partial charge in [-0.1, -0.05) is 54.6 Å². The van der Waals surface area contributed by atoms with E-state index in [-0.39, 0.29) is 0 Å². The van der Waals surface area contributed by atoms with Crippen molar-refractivity contribution in [3.63, 3.8) is 0 Å². The predicted octanol–water partition coefficient (Wildman–Crippen LogP) is 3.75. The lowest BCUT2D eigenvalue weighted by Gasteiger charge is -2.28. The van der Waals surface area contributed by atoms with Crippen LogP contribution in [0.2, 0.25) is 0 Å². The van der Waals surface area contributed by atoms with Crippen molar-refractivity contribution in [3.05, 3.63) is 71.3 Å². The Morgan fingerprint density at radius 2 is 1.53 bits per heavy atom. The molecule has 0 aliphatic carbocycles. The Morgan fingerprint density at radius 1 is 0.941 bits per heavy atom. The van der Waals surface area contributed by atoms with Crippen LogP contribution in [0.15, 0.2) is 54.6 Å². The molecule has 2 heteroatoms. The largest absolute Gasteiger partial charge is 0.251 e. The summed E-state index contributed by atoms with van der Waals surface area (Å²) in [4.78, 5) is 4.79. The number of aryl methyl sites for hydroxylation is 1. The van der Waals surface area contributed by atoms with Crippen LogP contribution in [-0.4, -0.2) is 5.26 Å². The molecule has 17 heavy (non-hydrogen) atoms. The van der Waals surface area contributed by atoms with Crippen LogP contribution >= 0.6 is 0 Å². The lowest BCUT2D eigenvalue weighted by molar-refractivity contribution is -0.310. The predicted molar refractivity (Wildman–Crippen MR) is 67.8 cm³/mol. The van der Waals surface area contributed by atoms with Crippen LogP contribution < -0.4 is 0 Å². The van der Waals surface area contributed by atoms with Crippen LogP contribution in [0.4, 0.5) is 0 Å². The van der Waals surface area contributed by atoms with E-state index in [0.29, 0.717) is 0 Å². The maximum Gasteiger partial charge on any atom is 0.151 e. The third-order valence-electron chi connectivity index (χ3n) is 3.17. The zero-order chi connectivity index (χ0) is 12.3.